The number of fused-ring (bicyclic) bond motifs is 1. The average molecular weight is 538 g/mol. The van der Waals surface area contributed by atoms with Gasteiger partial charge in [-0.1, -0.05) is 13.5 Å². The summed E-state index contributed by atoms with van der Waals surface area (Å²) in [6, 6.07) is 0.321. The highest BCUT2D eigenvalue weighted by molar-refractivity contribution is 5.85. The number of H-pyrrole nitrogens is 1. The fraction of sp³-hybridized carbons (Fsp3) is 0.565. The molecule has 2 atom stereocenters. The number of hydrogen-bond acceptors (Lipinski definition) is 5. The lowest BCUT2D eigenvalue weighted by molar-refractivity contribution is -0.299. The Balaban J connectivity index is 0.00000481. The van der Waals surface area contributed by atoms with Crippen LogP contribution in [0.1, 0.15) is 45.5 Å². The number of aromatic nitrogens is 3. The number of rotatable bonds is 9. The summed E-state index contributed by atoms with van der Waals surface area (Å²) >= 11 is 0. The number of pyridine rings is 1. The van der Waals surface area contributed by atoms with Gasteiger partial charge in [0, 0.05) is 19.0 Å². The second kappa shape index (κ2) is 10.6. The third-order valence-corrected chi connectivity index (χ3v) is 5.99. The van der Waals surface area contributed by atoms with Gasteiger partial charge in [0.25, 0.3) is 11.5 Å². The van der Waals surface area contributed by atoms with Crippen LogP contribution in [-0.4, -0.2) is 63.2 Å². The summed E-state index contributed by atoms with van der Waals surface area (Å²) < 4.78 is 87.6. The van der Waals surface area contributed by atoms with E-state index in [1.807, 2.05) is 0 Å². The van der Waals surface area contributed by atoms with Crippen LogP contribution >= 0.6 is 0 Å². The number of ether oxygens (including phenoxy) is 1. The smallest absolute Gasteiger partial charge is 0.403 e. The second-order valence-corrected chi connectivity index (χ2v) is 8.79. The highest BCUT2D eigenvalue weighted by Gasteiger charge is 2.74. The molecule has 2 heterocycles. The van der Waals surface area contributed by atoms with Crippen LogP contribution in [0.15, 0.2) is 29.7 Å². The fourth-order valence-electron chi connectivity index (χ4n) is 4.31. The molecule has 0 unspecified atom stereocenters. The quantitative estimate of drug-likeness (QED) is 0.292. The Morgan fingerprint density at radius 3 is 2.46 bits per heavy atom. The van der Waals surface area contributed by atoms with E-state index in [0.717, 1.165) is 18.6 Å². The molecule has 0 spiro atoms. The lowest BCUT2D eigenvalue weighted by atomic mass is 9.64. The predicted octanol–water partition coefficient (Wildman–Crippen LogP) is 4.32. The molecule has 0 radical (unpaired) electrons. The van der Waals surface area contributed by atoms with Crippen molar-refractivity contribution in [3.8, 4) is 0 Å². The van der Waals surface area contributed by atoms with Gasteiger partial charge in [-0.25, -0.2) is 22.9 Å². The summed E-state index contributed by atoms with van der Waals surface area (Å²) in [5, 5.41) is 0. The number of allylic oxidation sites excluding steroid dienone is 1. The number of nitrogens with zero attached hydrogens (tertiary/aromatic N) is 3. The lowest BCUT2D eigenvalue weighted by Crippen LogP contribution is -2.63. The molecule has 3 rings (SSSR count). The van der Waals surface area contributed by atoms with E-state index in [9.17, 15) is 40.7 Å². The fourth-order valence-corrected chi connectivity index (χ4v) is 4.31. The van der Waals surface area contributed by atoms with E-state index in [-0.39, 0.29) is 30.7 Å². The molecular formula is C23H28F6N4O4. The van der Waals surface area contributed by atoms with Crippen LogP contribution in [-0.2, 0) is 20.9 Å². The number of methoxy groups -OCH3 is 1. The van der Waals surface area contributed by atoms with Gasteiger partial charge in [-0.3, -0.25) is 14.2 Å². The highest BCUT2D eigenvalue weighted by Crippen LogP contribution is 2.61. The van der Waals surface area contributed by atoms with Crippen LogP contribution in [0.3, 0.4) is 0 Å². The second-order valence-electron chi connectivity index (χ2n) is 8.79. The minimum atomic E-state index is -5.28. The first kappa shape index (κ1) is 29.9. The van der Waals surface area contributed by atoms with Crippen LogP contribution in [0.4, 0.5) is 26.3 Å². The summed E-state index contributed by atoms with van der Waals surface area (Å²) in [5.74, 6) is -6.27. The molecule has 1 aliphatic carbocycles. The molecular weight excluding hydrogens is 510 g/mol. The number of aromatic amines is 1. The molecule has 0 aliphatic heterocycles. The largest absolute Gasteiger partial charge is 0.467 e. The van der Waals surface area contributed by atoms with Gasteiger partial charge >= 0.3 is 12.1 Å². The van der Waals surface area contributed by atoms with Crippen LogP contribution in [0.2, 0.25) is 0 Å². The molecule has 0 aromatic carbocycles. The van der Waals surface area contributed by atoms with Gasteiger partial charge in [0.05, 0.1) is 25.7 Å². The Bertz CT molecular complexity index is 1210. The third kappa shape index (κ3) is 5.67. The van der Waals surface area contributed by atoms with Crippen molar-refractivity contribution in [3.05, 3.63) is 41.1 Å². The first-order valence-electron chi connectivity index (χ1n) is 10.8. The predicted molar refractivity (Wildman–Crippen MR) is 122 cm³/mol. The van der Waals surface area contributed by atoms with Gasteiger partial charge in [-0.2, -0.15) is 13.2 Å². The molecule has 1 amide bonds. The van der Waals surface area contributed by atoms with Gasteiger partial charge in [0.2, 0.25) is 5.91 Å². The molecule has 0 saturated heterocycles. The number of carbonyl (C=O) groups is 2. The van der Waals surface area contributed by atoms with Crippen molar-refractivity contribution in [3.63, 3.8) is 0 Å². The zero-order valence-electron chi connectivity index (χ0n) is 19.4. The molecule has 14 heteroatoms. The average Bonchev–Trinajstić information content (AvgIpc) is 3.17. The Hall–Kier alpha value is -3.32. The maximum Gasteiger partial charge on any atom is 0.403 e. The monoisotopic (exact) mass is 538 g/mol. The maximum absolute atomic E-state index is 13.8. The molecule has 2 aromatic rings. The highest BCUT2D eigenvalue weighted by atomic mass is 19.4. The van der Waals surface area contributed by atoms with Crippen LogP contribution < -0.4 is 5.56 Å². The SMILES string of the molecule is C.C=CC[C@@H](C(=O)OC)n1ccc2[nH]c(CN(C[C@@H](C)F)C(=O)C3(C(F)(F)F)CC(F)(F)C3)nc2c1=O. The van der Waals surface area contributed by atoms with E-state index in [2.05, 4.69) is 16.5 Å². The van der Waals surface area contributed by atoms with E-state index in [1.54, 1.807) is 0 Å². The van der Waals surface area contributed by atoms with E-state index in [0.29, 0.717) is 4.90 Å². The number of alkyl halides is 6. The molecule has 0 bridgehead atoms. The molecule has 8 nitrogen and oxygen atoms in total. The minimum Gasteiger partial charge on any atom is -0.467 e. The van der Waals surface area contributed by atoms with Gasteiger partial charge in [0.15, 0.2) is 10.9 Å². The van der Waals surface area contributed by atoms with Gasteiger partial charge < -0.3 is 14.6 Å². The number of esters is 1. The van der Waals surface area contributed by atoms with Gasteiger partial charge in [-0.05, 0) is 19.4 Å². The van der Waals surface area contributed by atoms with Crippen LogP contribution in [0.25, 0.3) is 11.0 Å². The number of nitrogens with one attached hydrogen (secondary N) is 1. The normalized spacial score (nSPS) is 17.7. The minimum absolute atomic E-state index is 0. The number of hydrogen-bond donors (Lipinski definition) is 1. The van der Waals surface area contributed by atoms with Crippen molar-refractivity contribution in [1.82, 2.24) is 19.4 Å². The number of carbonyl (C=O) groups excluding carboxylic acids is 2. The van der Waals surface area contributed by atoms with Crippen molar-refractivity contribution in [2.24, 2.45) is 5.41 Å². The Morgan fingerprint density at radius 1 is 1.35 bits per heavy atom. The molecule has 206 valence electrons. The summed E-state index contributed by atoms with van der Waals surface area (Å²) in [5.41, 5.74) is -4.15. The summed E-state index contributed by atoms with van der Waals surface area (Å²) in [4.78, 5) is 45.1. The molecule has 1 N–H and O–H groups in total. The van der Waals surface area contributed by atoms with Gasteiger partial charge in [0.1, 0.15) is 18.0 Å². The number of halogens is 6. The maximum atomic E-state index is 13.8. The Labute approximate surface area is 208 Å². The van der Waals surface area contributed by atoms with Crippen molar-refractivity contribution in [1.29, 1.82) is 0 Å². The molecule has 1 fully saturated rings. The molecule has 2 aromatic heterocycles. The molecule has 1 aliphatic rings. The van der Waals surface area contributed by atoms with E-state index in [4.69, 9.17) is 4.74 Å². The standard InChI is InChI=1S/C22H24F6N4O4.CH4/c1-4-5-14(18(34)36-3)32-7-6-13-16(17(32)33)30-15(29-13)9-31(8-12(2)23)19(35)20(22(26,27)28)10-21(24,25)11-20;/h4,6-7,12,14H,1,5,8-11H2,2-3H3,(H,29,30);1H4/t12-,14+;/m1./s1. The van der Waals surface area contributed by atoms with Crippen molar-refractivity contribution in [2.45, 2.75) is 64.5 Å². The number of imidazole rings is 1. The number of amides is 1. The van der Waals surface area contributed by atoms with E-state index in [1.165, 1.54) is 18.3 Å². The summed E-state index contributed by atoms with van der Waals surface area (Å²) in [6.07, 6.45) is -7.79. The van der Waals surface area contributed by atoms with Crippen molar-refractivity contribution in [2.75, 3.05) is 13.7 Å². The lowest BCUT2D eigenvalue weighted by Gasteiger charge is -2.48. The Kier molecular flexibility index (Phi) is 8.55. The molecule has 1 saturated carbocycles. The summed E-state index contributed by atoms with van der Waals surface area (Å²) in [6.45, 7) is 3.02. The van der Waals surface area contributed by atoms with Crippen LogP contribution in [0, 0.1) is 5.41 Å². The van der Waals surface area contributed by atoms with E-state index >= 15 is 0 Å². The first-order valence-corrected chi connectivity index (χ1v) is 10.8. The Morgan fingerprint density at radius 2 is 1.97 bits per heavy atom. The van der Waals surface area contributed by atoms with Crippen LogP contribution in [0.5, 0.6) is 0 Å². The summed E-state index contributed by atoms with van der Waals surface area (Å²) in [7, 11) is 1.14. The topological polar surface area (TPSA) is 97.3 Å². The van der Waals surface area contributed by atoms with E-state index < -0.39 is 73.1 Å². The zero-order valence-corrected chi connectivity index (χ0v) is 19.4. The molecule has 37 heavy (non-hydrogen) atoms. The van der Waals surface area contributed by atoms with Crippen molar-refractivity contribution < 1.29 is 40.7 Å². The first-order chi connectivity index (χ1) is 16.7. The zero-order chi connectivity index (χ0) is 27.1. The van der Waals surface area contributed by atoms with Gasteiger partial charge in [-0.15, -0.1) is 6.58 Å². The van der Waals surface area contributed by atoms with Crippen molar-refractivity contribution >= 4 is 22.9 Å². The third-order valence-electron chi connectivity index (χ3n) is 5.99.